The molecule has 0 aromatic carbocycles. The number of carboxylic acid groups (broad SMARTS) is 1. The summed E-state index contributed by atoms with van der Waals surface area (Å²) in [5.41, 5.74) is -0.157. The molecular weight excluding hydrogens is 274 g/mol. The molecule has 0 rings (SSSR count). The summed E-state index contributed by atoms with van der Waals surface area (Å²) in [6.45, 7) is 5.17. The van der Waals surface area contributed by atoms with E-state index in [2.05, 4.69) is 17.6 Å². The maximum atomic E-state index is 11.7. The Morgan fingerprint density at radius 2 is 2.05 bits per heavy atom. The van der Waals surface area contributed by atoms with Gasteiger partial charge < -0.3 is 20.5 Å². The van der Waals surface area contributed by atoms with Gasteiger partial charge in [0.05, 0.1) is 0 Å². The number of rotatable bonds is 11. The van der Waals surface area contributed by atoms with Crippen molar-refractivity contribution in [2.24, 2.45) is 0 Å². The summed E-state index contributed by atoms with van der Waals surface area (Å²) in [5.74, 6) is -1.59. The second-order valence-electron chi connectivity index (χ2n) is 4.47. The summed E-state index contributed by atoms with van der Waals surface area (Å²) in [6, 6.07) is 0.860. The fraction of sp³-hybridized carbons (Fsp3) is 0.643. The number of carbonyl (C=O) groups excluding carboxylic acids is 1. The zero-order valence-corrected chi connectivity index (χ0v) is 12.5. The minimum absolute atomic E-state index is 0.157. The normalized spacial score (nSPS) is 12.3. The van der Waals surface area contributed by atoms with Gasteiger partial charge in [0, 0.05) is 26.0 Å². The van der Waals surface area contributed by atoms with Crippen molar-refractivity contribution in [1.29, 1.82) is 5.26 Å². The highest BCUT2D eigenvalue weighted by molar-refractivity contribution is 5.97. The molecule has 0 radical (unpaired) electrons. The second-order valence-corrected chi connectivity index (χ2v) is 4.47. The summed E-state index contributed by atoms with van der Waals surface area (Å²) < 4.78 is 5.34. The molecule has 1 unspecified atom stereocenters. The average Bonchev–Trinajstić information content (AvgIpc) is 2.46. The molecule has 7 nitrogen and oxygen atoms in total. The van der Waals surface area contributed by atoms with Crippen LogP contribution in [0.25, 0.3) is 0 Å². The molecule has 0 fully saturated rings. The van der Waals surface area contributed by atoms with E-state index in [1.54, 1.807) is 6.07 Å². The van der Waals surface area contributed by atoms with Gasteiger partial charge in [-0.1, -0.05) is 13.3 Å². The van der Waals surface area contributed by atoms with E-state index in [4.69, 9.17) is 15.1 Å². The quantitative estimate of drug-likeness (QED) is 0.295. The molecule has 1 atom stereocenters. The molecule has 21 heavy (non-hydrogen) atoms. The van der Waals surface area contributed by atoms with E-state index in [0.29, 0.717) is 26.2 Å². The molecule has 0 heterocycles. The van der Waals surface area contributed by atoms with Crippen LogP contribution in [0.2, 0.25) is 0 Å². The van der Waals surface area contributed by atoms with Crippen LogP contribution in [-0.2, 0) is 14.3 Å². The summed E-state index contributed by atoms with van der Waals surface area (Å²) in [5, 5.41) is 22.6. The molecule has 0 bridgehead atoms. The third-order valence-corrected chi connectivity index (χ3v) is 2.61. The molecule has 118 valence electrons. The lowest BCUT2D eigenvalue weighted by molar-refractivity contribution is -0.138. The predicted molar refractivity (Wildman–Crippen MR) is 77.3 cm³/mol. The number of nitrogens with zero attached hydrogens (tertiary/aromatic N) is 1. The SMILES string of the molecule is CCCCOCCCNC(=O)/C(C#N)=C\NC(C)C(=O)O. The minimum atomic E-state index is -1.06. The van der Waals surface area contributed by atoms with E-state index in [1.807, 2.05) is 0 Å². The van der Waals surface area contributed by atoms with Crippen LogP contribution >= 0.6 is 0 Å². The summed E-state index contributed by atoms with van der Waals surface area (Å²) in [6.07, 6.45) is 3.87. The number of unbranched alkanes of at least 4 members (excludes halogenated alkanes) is 1. The van der Waals surface area contributed by atoms with Crippen LogP contribution in [0.3, 0.4) is 0 Å². The highest BCUT2D eigenvalue weighted by Gasteiger charge is 2.11. The smallest absolute Gasteiger partial charge is 0.325 e. The van der Waals surface area contributed by atoms with E-state index in [-0.39, 0.29) is 5.57 Å². The zero-order chi connectivity index (χ0) is 16.1. The average molecular weight is 297 g/mol. The third-order valence-electron chi connectivity index (χ3n) is 2.61. The monoisotopic (exact) mass is 297 g/mol. The number of ether oxygens (including phenoxy) is 1. The molecule has 0 aliphatic rings. The van der Waals surface area contributed by atoms with Gasteiger partial charge in [0.1, 0.15) is 17.7 Å². The van der Waals surface area contributed by atoms with E-state index >= 15 is 0 Å². The number of hydrogen-bond donors (Lipinski definition) is 3. The Morgan fingerprint density at radius 1 is 1.38 bits per heavy atom. The molecule has 0 aliphatic heterocycles. The highest BCUT2D eigenvalue weighted by Crippen LogP contribution is 1.93. The van der Waals surface area contributed by atoms with Gasteiger partial charge in [-0.25, -0.2) is 0 Å². The van der Waals surface area contributed by atoms with Gasteiger partial charge in [0.15, 0.2) is 0 Å². The molecule has 0 spiro atoms. The van der Waals surface area contributed by atoms with Crippen LogP contribution in [0.4, 0.5) is 0 Å². The number of nitrogens with one attached hydrogen (secondary N) is 2. The molecule has 0 saturated carbocycles. The maximum Gasteiger partial charge on any atom is 0.325 e. The Balaban J connectivity index is 3.98. The first-order chi connectivity index (χ1) is 10.0. The summed E-state index contributed by atoms with van der Waals surface area (Å²) >= 11 is 0. The maximum absolute atomic E-state index is 11.7. The van der Waals surface area contributed by atoms with E-state index in [9.17, 15) is 9.59 Å². The lowest BCUT2D eigenvalue weighted by Gasteiger charge is -2.07. The van der Waals surface area contributed by atoms with E-state index in [1.165, 1.54) is 6.92 Å². The molecule has 0 aliphatic carbocycles. The van der Waals surface area contributed by atoms with Crippen LogP contribution in [0, 0.1) is 11.3 Å². The number of carboxylic acids is 1. The highest BCUT2D eigenvalue weighted by atomic mass is 16.5. The fourth-order valence-corrected chi connectivity index (χ4v) is 1.25. The summed E-state index contributed by atoms with van der Waals surface area (Å²) in [7, 11) is 0. The molecule has 0 saturated heterocycles. The second kappa shape index (κ2) is 11.7. The summed E-state index contributed by atoms with van der Waals surface area (Å²) in [4.78, 5) is 22.3. The number of carbonyl (C=O) groups is 2. The van der Waals surface area contributed by atoms with Gasteiger partial charge in [0.25, 0.3) is 5.91 Å². The van der Waals surface area contributed by atoms with E-state index in [0.717, 1.165) is 19.0 Å². The van der Waals surface area contributed by atoms with Gasteiger partial charge >= 0.3 is 5.97 Å². The van der Waals surface area contributed by atoms with Crippen molar-refractivity contribution in [2.75, 3.05) is 19.8 Å². The number of amides is 1. The first kappa shape index (κ1) is 18.9. The van der Waals surface area contributed by atoms with Crippen molar-refractivity contribution in [3.8, 4) is 6.07 Å². The largest absolute Gasteiger partial charge is 0.480 e. The molecule has 1 amide bonds. The molecule has 0 aromatic heterocycles. The van der Waals surface area contributed by atoms with E-state index < -0.39 is 17.9 Å². The predicted octanol–water partition coefficient (Wildman–Crippen LogP) is 0.780. The standard InChI is InChI=1S/C14H23N3O4/c1-3-4-7-21-8-5-6-16-13(18)12(9-15)10-17-11(2)14(19)20/h10-11,17H,3-8H2,1-2H3,(H,16,18)(H,19,20)/b12-10-. The lowest BCUT2D eigenvalue weighted by atomic mass is 10.2. The number of hydrogen-bond acceptors (Lipinski definition) is 5. The zero-order valence-electron chi connectivity index (χ0n) is 12.5. The molecular formula is C14H23N3O4. The lowest BCUT2D eigenvalue weighted by Crippen LogP contribution is -2.32. The Kier molecular flexibility index (Phi) is 10.6. The van der Waals surface area contributed by atoms with Crippen molar-refractivity contribution in [3.63, 3.8) is 0 Å². The Labute approximate surface area is 125 Å². The number of aliphatic carboxylic acids is 1. The van der Waals surface area contributed by atoms with Crippen molar-refractivity contribution in [3.05, 3.63) is 11.8 Å². The van der Waals surface area contributed by atoms with Gasteiger partial charge in [-0.05, 0) is 19.8 Å². The molecule has 0 aromatic rings. The van der Waals surface area contributed by atoms with Crippen LogP contribution < -0.4 is 10.6 Å². The van der Waals surface area contributed by atoms with Gasteiger partial charge in [-0.3, -0.25) is 9.59 Å². The Morgan fingerprint density at radius 3 is 2.62 bits per heavy atom. The Hall–Kier alpha value is -2.07. The first-order valence-corrected chi connectivity index (χ1v) is 6.98. The van der Waals surface area contributed by atoms with Crippen molar-refractivity contribution in [1.82, 2.24) is 10.6 Å². The topological polar surface area (TPSA) is 111 Å². The van der Waals surface area contributed by atoms with Crippen molar-refractivity contribution >= 4 is 11.9 Å². The molecule has 3 N–H and O–H groups in total. The first-order valence-electron chi connectivity index (χ1n) is 6.98. The fourth-order valence-electron chi connectivity index (χ4n) is 1.25. The Bertz CT molecular complexity index is 402. The van der Waals surface area contributed by atoms with Crippen LogP contribution in [0.15, 0.2) is 11.8 Å². The van der Waals surface area contributed by atoms with Gasteiger partial charge in [-0.2, -0.15) is 5.26 Å². The van der Waals surface area contributed by atoms with Crippen LogP contribution in [0.1, 0.15) is 33.1 Å². The van der Waals surface area contributed by atoms with Gasteiger partial charge in [-0.15, -0.1) is 0 Å². The minimum Gasteiger partial charge on any atom is -0.480 e. The van der Waals surface area contributed by atoms with Crippen molar-refractivity contribution < 1.29 is 19.4 Å². The molecule has 7 heteroatoms. The number of nitriles is 1. The van der Waals surface area contributed by atoms with Gasteiger partial charge in [0.2, 0.25) is 0 Å². The van der Waals surface area contributed by atoms with Crippen LogP contribution in [-0.4, -0.2) is 42.8 Å². The third kappa shape index (κ3) is 9.46. The van der Waals surface area contributed by atoms with Crippen molar-refractivity contribution in [2.45, 2.75) is 39.2 Å². The van der Waals surface area contributed by atoms with Crippen LogP contribution in [0.5, 0.6) is 0 Å².